The molecule has 3 atom stereocenters. The number of rotatable bonds is 5. The molecule has 21 heavy (non-hydrogen) atoms. The molecule has 0 amide bonds. The standard InChI is InChI=1S/C11H16N4O6/c1-14(13-20)3-6-4-15(11(19)12-10(6)18)9-2-7(17)8(5-16)21-9/h4,7-9,16-17H,2-3,5H2,1H3,(H,12,18,19)/t7-,8-,9+/m0/s1. The Morgan fingerprint density at radius 1 is 1.57 bits per heavy atom. The molecule has 10 heteroatoms. The first-order chi connectivity index (χ1) is 9.96. The first-order valence-electron chi connectivity index (χ1n) is 6.29. The van der Waals surface area contributed by atoms with Crippen molar-refractivity contribution >= 4 is 0 Å². The molecule has 1 aromatic rings. The maximum Gasteiger partial charge on any atom is 0.330 e. The highest BCUT2D eigenvalue weighted by Crippen LogP contribution is 2.27. The largest absolute Gasteiger partial charge is 0.394 e. The molecule has 116 valence electrons. The minimum absolute atomic E-state index is 0.0716. The Bertz CT molecular complexity index is 626. The third-order valence-electron chi connectivity index (χ3n) is 3.27. The molecule has 3 N–H and O–H groups in total. The number of hydrogen-bond acceptors (Lipinski definition) is 7. The van der Waals surface area contributed by atoms with Gasteiger partial charge in [-0.15, -0.1) is 4.91 Å². The van der Waals surface area contributed by atoms with E-state index < -0.39 is 29.7 Å². The van der Waals surface area contributed by atoms with Gasteiger partial charge in [0.25, 0.3) is 5.56 Å². The van der Waals surface area contributed by atoms with Crippen LogP contribution in [0.5, 0.6) is 0 Å². The van der Waals surface area contributed by atoms with E-state index in [9.17, 15) is 19.6 Å². The van der Waals surface area contributed by atoms with Gasteiger partial charge in [0.2, 0.25) is 0 Å². The SMILES string of the molecule is CN(Cc1cn([C@H]2C[C@H](O)[C@H](CO)O2)c(=O)[nH]c1=O)N=O. The maximum atomic E-state index is 11.8. The predicted octanol–water partition coefficient (Wildman–Crippen LogP) is -1.71. The van der Waals surface area contributed by atoms with Crippen LogP contribution in [0.25, 0.3) is 0 Å². The van der Waals surface area contributed by atoms with Crippen molar-refractivity contribution in [3.05, 3.63) is 37.5 Å². The highest BCUT2D eigenvalue weighted by molar-refractivity contribution is 5.05. The molecule has 10 nitrogen and oxygen atoms in total. The summed E-state index contributed by atoms with van der Waals surface area (Å²) in [6.07, 6.45) is -1.11. The Balaban J connectivity index is 2.32. The fourth-order valence-electron chi connectivity index (χ4n) is 2.18. The van der Waals surface area contributed by atoms with Gasteiger partial charge in [-0.25, -0.2) is 4.79 Å². The minimum atomic E-state index is -0.901. The van der Waals surface area contributed by atoms with Crippen molar-refractivity contribution in [2.45, 2.75) is 31.4 Å². The third-order valence-corrected chi connectivity index (χ3v) is 3.27. The lowest BCUT2D eigenvalue weighted by molar-refractivity contribution is -0.0460. The van der Waals surface area contributed by atoms with Gasteiger partial charge < -0.3 is 14.9 Å². The van der Waals surface area contributed by atoms with Gasteiger partial charge in [-0.2, -0.15) is 0 Å². The maximum absolute atomic E-state index is 11.8. The number of nitrogens with one attached hydrogen (secondary N) is 1. The summed E-state index contributed by atoms with van der Waals surface area (Å²) in [6.45, 7) is -0.446. The molecule has 0 saturated carbocycles. The molecule has 1 aliphatic rings. The second kappa shape index (κ2) is 6.16. The Morgan fingerprint density at radius 3 is 2.86 bits per heavy atom. The van der Waals surface area contributed by atoms with Gasteiger partial charge in [0.15, 0.2) is 0 Å². The number of aliphatic hydroxyl groups excluding tert-OH is 2. The van der Waals surface area contributed by atoms with Crippen LogP contribution in [0.1, 0.15) is 18.2 Å². The molecular weight excluding hydrogens is 284 g/mol. The van der Waals surface area contributed by atoms with E-state index in [1.165, 1.54) is 13.2 Å². The molecule has 0 aromatic carbocycles. The zero-order chi connectivity index (χ0) is 15.6. The van der Waals surface area contributed by atoms with Crippen LogP contribution in [0.4, 0.5) is 0 Å². The fraction of sp³-hybridized carbons (Fsp3) is 0.636. The van der Waals surface area contributed by atoms with E-state index >= 15 is 0 Å². The summed E-state index contributed by atoms with van der Waals surface area (Å²) < 4.78 is 6.48. The van der Waals surface area contributed by atoms with E-state index in [1.54, 1.807) is 0 Å². The van der Waals surface area contributed by atoms with Crippen LogP contribution in [0, 0.1) is 4.91 Å². The number of hydrogen-bond donors (Lipinski definition) is 3. The monoisotopic (exact) mass is 300 g/mol. The van der Waals surface area contributed by atoms with Crippen LogP contribution < -0.4 is 11.2 Å². The van der Waals surface area contributed by atoms with Gasteiger partial charge in [0.05, 0.1) is 30.1 Å². The van der Waals surface area contributed by atoms with Crippen molar-refractivity contribution in [2.75, 3.05) is 13.7 Å². The van der Waals surface area contributed by atoms with Crippen LogP contribution in [0.3, 0.4) is 0 Å². The molecular formula is C11H16N4O6. The molecule has 2 heterocycles. The van der Waals surface area contributed by atoms with Crippen molar-refractivity contribution in [1.29, 1.82) is 0 Å². The van der Waals surface area contributed by atoms with E-state index in [-0.39, 0.29) is 25.1 Å². The molecule has 0 aliphatic carbocycles. The van der Waals surface area contributed by atoms with Gasteiger partial charge in [-0.3, -0.25) is 19.4 Å². The van der Waals surface area contributed by atoms with Gasteiger partial charge >= 0.3 is 5.69 Å². The van der Waals surface area contributed by atoms with Crippen molar-refractivity contribution in [3.63, 3.8) is 0 Å². The van der Waals surface area contributed by atoms with Crippen LogP contribution >= 0.6 is 0 Å². The summed E-state index contributed by atoms with van der Waals surface area (Å²) in [7, 11) is 1.39. The zero-order valence-electron chi connectivity index (χ0n) is 11.3. The summed E-state index contributed by atoms with van der Waals surface area (Å²) in [5.41, 5.74) is -1.16. The van der Waals surface area contributed by atoms with E-state index in [4.69, 9.17) is 9.84 Å². The van der Waals surface area contributed by atoms with E-state index in [1.807, 2.05) is 0 Å². The minimum Gasteiger partial charge on any atom is -0.394 e. The summed E-state index contributed by atoms with van der Waals surface area (Å²) in [5, 5.41) is 22.4. The highest BCUT2D eigenvalue weighted by atomic mass is 16.5. The Hall–Kier alpha value is -2.04. The second-order valence-corrected chi connectivity index (χ2v) is 4.83. The average molecular weight is 300 g/mol. The smallest absolute Gasteiger partial charge is 0.330 e. The molecule has 0 unspecified atom stereocenters. The van der Waals surface area contributed by atoms with Crippen molar-refractivity contribution < 1.29 is 14.9 Å². The number of nitroso groups, excluding NO2 is 1. The quantitative estimate of drug-likeness (QED) is 0.435. The van der Waals surface area contributed by atoms with Crippen molar-refractivity contribution in [1.82, 2.24) is 14.6 Å². The number of aliphatic hydroxyl groups is 2. The molecule has 1 saturated heterocycles. The first-order valence-corrected chi connectivity index (χ1v) is 6.29. The average Bonchev–Trinajstić information content (AvgIpc) is 2.82. The van der Waals surface area contributed by atoms with E-state index in [0.717, 1.165) is 9.58 Å². The molecule has 1 aliphatic heterocycles. The summed E-state index contributed by atoms with van der Waals surface area (Å²) in [4.78, 5) is 36.0. The van der Waals surface area contributed by atoms with E-state index in [0.29, 0.717) is 0 Å². The molecule has 0 bridgehead atoms. The lowest BCUT2D eigenvalue weighted by Gasteiger charge is -2.16. The fourth-order valence-corrected chi connectivity index (χ4v) is 2.18. The van der Waals surface area contributed by atoms with Crippen LogP contribution in [0.2, 0.25) is 0 Å². The second-order valence-electron chi connectivity index (χ2n) is 4.83. The molecule has 0 spiro atoms. The highest BCUT2D eigenvalue weighted by Gasteiger charge is 2.35. The topological polar surface area (TPSA) is 137 Å². The number of aromatic amines is 1. The van der Waals surface area contributed by atoms with Gasteiger partial charge in [0.1, 0.15) is 12.3 Å². The summed E-state index contributed by atoms with van der Waals surface area (Å²) >= 11 is 0. The van der Waals surface area contributed by atoms with Crippen LogP contribution in [-0.4, -0.2) is 50.6 Å². The summed E-state index contributed by atoms with van der Waals surface area (Å²) in [6, 6.07) is 0. The van der Waals surface area contributed by atoms with Gasteiger partial charge in [0, 0.05) is 19.7 Å². The normalized spacial score (nSPS) is 25.0. The number of nitrogens with zero attached hydrogens (tertiary/aromatic N) is 3. The Labute approximate surface area is 118 Å². The van der Waals surface area contributed by atoms with Gasteiger partial charge in [-0.05, 0) is 0 Å². The third kappa shape index (κ3) is 3.17. The lowest BCUT2D eigenvalue weighted by atomic mass is 10.2. The molecule has 2 rings (SSSR count). The van der Waals surface area contributed by atoms with Crippen molar-refractivity contribution in [3.8, 4) is 0 Å². The first kappa shape index (κ1) is 15.4. The van der Waals surface area contributed by atoms with Crippen molar-refractivity contribution in [2.24, 2.45) is 5.29 Å². The van der Waals surface area contributed by atoms with Crippen LogP contribution in [0.15, 0.2) is 21.1 Å². The zero-order valence-corrected chi connectivity index (χ0v) is 11.3. The van der Waals surface area contributed by atoms with Crippen LogP contribution in [-0.2, 0) is 11.3 Å². The summed E-state index contributed by atoms with van der Waals surface area (Å²) in [5.74, 6) is 0. The van der Waals surface area contributed by atoms with Gasteiger partial charge in [-0.1, -0.05) is 0 Å². The molecule has 0 radical (unpaired) electrons. The molecule has 1 fully saturated rings. The Kier molecular flexibility index (Phi) is 4.50. The molecule has 1 aromatic heterocycles. The number of aromatic nitrogens is 2. The predicted molar refractivity (Wildman–Crippen MR) is 70.2 cm³/mol. The Morgan fingerprint density at radius 2 is 2.29 bits per heavy atom. The van der Waals surface area contributed by atoms with E-state index in [2.05, 4.69) is 10.3 Å². The number of H-pyrrole nitrogens is 1. The number of ether oxygens (including phenoxy) is 1. The lowest BCUT2D eigenvalue weighted by Crippen LogP contribution is -2.35.